The molecule has 5 atom stereocenters. The molecule has 0 N–H and O–H groups in total. The number of ketones is 2. The molecule has 0 aliphatic heterocycles. The van der Waals surface area contributed by atoms with E-state index in [1.54, 1.807) is 6.92 Å². The largest absolute Gasteiger partial charge is 0.295 e. The molecule has 5 aliphatic carbocycles. The van der Waals surface area contributed by atoms with Crippen LogP contribution in [0.25, 0.3) is 0 Å². The lowest BCUT2D eigenvalue weighted by Crippen LogP contribution is -2.59. The van der Waals surface area contributed by atoms with Crippen molar-refractivity contribution in [3.05, 3.63) is 23.3 Å². The topological polar surface area (TPSA) is 34.1 Å². The number of rotatable bonds is 1. The lowest BCUT2D eigenvalue weighted by Gasteiger charge is -2.66. The molecule has 0 amide bonds. The van der Waals surface area contributed by atoms with Gasteiger partial charge >= 0.3 is 0 Å². The molecular weight excluding hydrogens is 320 g/mol. The van der Waals surface area contributed by atoms with Gasteiger partial charge in [-0.25, -0.2) is 0 Å². The van der Waals surface area contributed by atoms with Crippen LogP contribution in [0.15, 0.2) is 23.3 Å². The van der Waals surface area contributed by atoms with Crippen molar-refractivity contribution in [3.8, 4) is 0 Å². The summed E-state index contributed by atoms with van der Waals surface area (Å²) >= 11 is 0. The Labute approximate surface area is 157 Å². The van der Waals surface area contributed by atoms with E-state index in [0.717, 1.165) is 37.2 Å². The molecule has 5 rings (SSSR count). The Morgan fingerprint density at radius 3 is 2.54 bits per heavy atom. The Kier molecular flexibility index (Phi) is 3.39. The SMILES string of the molecule is CC(=O)C1=CC[C@H]2[C@@H]3CCC4=CC(=O)CC5(CCC5)[C@]4(C)[C@H]3CC[C@]12C. The fourth-order valence-electron chi connectivity index (χ4n) is 8.36. The Hall–Kier alpha value is -1.18. The zero-order valence-electron chi connectivity index (χ0n) is 16.6. The molecule has 0 radical (unpaired) electrons. The molecule has 0 aromatic rings. The van der Waals surface area contributed by atoms with Gasteiger partial charge in [-0.3, -0.25) is 9.59 Å². The van der Waals surface area contributed by atoms with Crippen molar-refractivity contribution in [1.82, 2.24) is 0 Å². The van der Waals surface area contributed by atoms with E-state index in [0.29, 0.717) is 17.6 Å². The third-order valence-corrected chi connectivity index (χ3v) is 9.81. The van der Waals surface area contributed by atoms with Crippen LogP contribution < -0.4 is 0 Å². The van der Waals surface area contributed by atoms with E-state index < -0.39 is 0 Å². The summed E-state index contributed by atoms with van der Waals surface area (Å²) in [4.78, 5) is 24.7. The van der Waals surface area contributed by atoms with Gasteiger partial charge in [0, 0.05) is 6.42 Å². The lowest BCUT2D eigenvalue weighted by molar-refractivity contribution is -0.144. The molecule has 140 valence electrons. The molecule has 0 bridgehead atoms. The first-order valence-electron chi connectivity index (χ1n) is 10.8. The van der Waals surface area contributed by atoms with Gasteiger partial charge < -0.3 is 0 Å². The highest BCUT2D eigenvalue weighted by Crippen LogP contribution is 2.72. The van der Waals surface area contributed by atoms with Crippen LogP contribution in [0.4, 0.5) is 0 Å². The first kappa shape index (κ1) is 17.0. The second-order valence-electron chi connectivity index (χ2n) is 10.4. The maximum atomic E-state index is 12.5. The highest BCUT2D eigenvalue weighted by Gasteiger charge is 2.65. The van der Waals surface area contributed by atoms with Crippen LogP contribution in [0, 0.1) is 34.0 Å². The standard InChI is InChI=1S/C24H32O2/c1-15(25)19-7-8-20-18-6-5-16-13-17(26)14-24(10-4-11-24)23(16,3)21(18)9-12-22(19,20)2/h7,13,18,20-21H,4-6,8-12,14H2,1-3H3/t18-,20-,21-,22+,23-/m0/s1. The van der Waals surface area contributed by atoms with Crippen molar-refractivity contribution in [3.63, 3.8) is 0 Å². The molecule has 5 aliphatic rings. The summed E-state index contributed by atoms with van der Waals surface area (Å²) in [6, 6.07) is 0. The fraction of sp³-hybridized carbons (Fsp3) is 0.750. The molecule has 0 aromatic heterocycles. The minimum absolute atomic E-state index is 0.0990. The van der Waals surface area contributed by atoms with Crippen LogP contribution in [-0.4, -0.2) is 11.6 Å². The van der Waals surface area contributed by atoms with Gasteiger partial charge in [0.1, 0.15) is 0 Å². The Morgan fingerprint density at radius 2 is 1.88 bits per heavy atom. The number of carbonyl (C=O) groups is 2. The van der Waals surface area contributed by atoms with Crippen LogP contribution in [0.2, 0.25) is 0 Å². The van der Waals surface area contributed by atoms with Crippen molar-refractivity contribution in [2.24, 2.45) is 34.0 Å². The minimum Gasteiger partial charge on any atom is -0.295 e. The molecule has 0 heterocycles. The summed E-state index contributed by atoms with van der Waals surface area (Å²) in [6.07, 6.45) is 14.7. The van der Waals surface area contributed by atoms with Crippen molar-refractivity contribution in [2.45, 2.75) is 78.6 Å². The molecule has 0 saturated heterocycles. The molecule has 1 spiro atoms. The molecule has 26 heavy (non-hydrogen) atoms. The predicted octanol–water partition coefficient (Wildman–Crippen LogP) is 5.42. The van der Waals surface area contributed by atoms with Gasteiger partial charge in [-0.1, -0.05) is 31.9 Å². The Bertz CT molecular complexity index is 752. The summed E-state index contributed by atoms with van der Waals surface area (Å²) in [5.41, 5.74) is 3.17. The number of hydrogen-bond acceptors (Lipinski definition) is 2. The number of hydrogen-bond donors (Lipinski definition) is 0. The van der Waals surface area contributed by atoms with E-state index >= 15 is 0 Å². The first-order valence-corrected chi connectivity index (χ1v) is 10.8. The molecule has 0 aromatic carbocycles. The second-order valence-corrected chi connectivity index (χ2v) is 10.4. The van der Waals surface area contributed by atoms with Crippen LogP contribution >= 0.6 is 0 Å². The summed E-state index contributed by atoms with van der Waals surface area (Å²) < 4.78 is 0. The van der Waals surface area contributed by atoms with Gasteiger partial charge in [-0.2, -0.15) is 0 Å². The second kappa shape index (κ2) is 5.20. The highest BCUT2D eigenvalue weighted by molar-refractivity contribution is 5.95. The van der Waals surface area contributed by atoms with Gasteiger partial charge in [-0.05, 0) is 97.5 Å². The first-order chi connectivity index (χ1) is 12.3. The van der Waals surface area contributed by atoms with Gasteiger partial charge in [-0.15, -0.1) is 0 Å². The molecular formula is C24H32O2. The average Bonchev–Trinajstić information content (AvgIpc) is 2.90. The monoisotopic (exact) mass is 352 g/mol. The zero-order chi connectivity index (χ0) is 18.3. The van der Waals surface area contributed by atoms with Gasteiger partial charge in [0.25, 0.3) is 0 Å². The average molecular weight is 353 g/mol. The summed E-state index contributed by atoms with van der Waals surface area (Å²) in [6.45, 7) is 6.65. The Morgan fingerprint density at radius 1 is 1.12 bits per heavy atom. The number of carbonyl (C=O) groups excluding carboxylic acids is 2. The summed E-state index contributed by atoms with van der Waals surface area (Å²) in [5, 5.41) is 0. The van der Waals surface area contributed by atoms with Crippen LogP contribution in [-0.2, 0) is 9.59 Å². The van der Waals surface area contributed by atoms with Crippen molar-refractivity contribution < 1.29 is 9.59 Å². The molecule has 0 unspecified atom stereocenters. The van der Waals surface area contributed by atoms with Crippen molar-refractivity contribution in [2.75, 3.05) is 0 Å². The van der Waals surface area contributed by atoms with Crippen molar-refractivity contribution >= 4 is 11.6 Å². The van der Waals surface area contributed by atoms with E-state index in [1.165, 1.54) is 37.7 Å². The molecule has 2 heteroatoms. The number of Topliss-reactive ketones (excluding diaryl/α,β-unsaturated/α-hetero) is 1. The van der Waals surface area contributed by atoms with Crippen LogP contribution in [0.1, 0.15) is 78.6 Å². The maximum Gasteiger partial charge on any atom is 0.156 e. The van der Waals surface area contributed by atoms with E-state index in [-0.39, 0.29) is 22.0 Å². The summed E-state index contributed by atoms with van der Waals surface area (Å²) in [5.74, 6) is 2.73. The predicted molar refractivity (Wildman–Crippen MR) is 103 cm³/mol. The maximum absolute atomic E-state index is 12.5. The van der Waals surface area contributed by atoms with E-state index in [4.69, 9.17) is 0 Å². The van der Waals surface area contributed by atoms with E-state index in [2.05, 4.69) is 19.9 Å². The smallest absolute Gasteiger partial charge is 0.156 e. The third kappa shape index (κ3) is 1.84. The molecule has 3 fully saturated rings. The third-order valence-electron chi connectivity index (χ3n) is 9.81. The highest BCUT2D eigenvalue weighted by atomic mass is 16.1. The lowest BCUT2D eigenvalue weighted by atomic mass is 9.37. The van der Waals surface area contributed by atoms with E-state index in [9.17, 15) is 9.59 Å². The minimum atomic E-state index is 0.0990. The molecule has 3 saturated carbocycles. The van der Waals surface area contributed by atoms with Gasteiger partial charge in [0.05, 0.1) is 0 Å². The fourth-order valence-corrected chi connectivity index (χ4v) is 8.36. The molecule has 2 nitrogen and oxygen atoms in total. The summed E-state index contributed by atoms with van der Waals surface area (Å²) in [7, 11) is 0. The van der Waals surface area contributed by atoms with Crippen molar-refractivity contribution in [1.29, 1.82) is 0 Å². The normalized spacial score (nSPS) is 45.8. The number of allylic oxidation sites excluding steroid dienone is 4. The zero-order valence-corrected chi connectivity index (χ0v) is 16.6. The van der Waals surface area contributed by atoms with Gasteiger partial charge in [0.15, 0.2) is 11.6 Å². The van der Waals surface area contributed by atoms with Crippen LogP contribution in [0.3, 0.4) is 0 Å². The quantitative estimate of drug-likeness (QED) is 0.631. The number of fused-ring (bicyclic) bond motifs is 6. The van der Waals surface area contributed by atoms with Crippen LogP contribution in [0.5, 0.6) is 0 Å². The Balaban J connectivity index is 1.55. The van der Waals surface area contributed by atoms with E-state index in [1.807, 2.05) is 6.08 Å². The van der Waals surface area contributed by atoms with Gasteiger partial charge in [0.2, 0.25) is 0 Å².